The van der Waals surface area contributed by atoms with E-state index in [9.17, 15) is 18.0 Å². The zero-order chi connectivity index (χ0) is 24.6. The van der Waals surface area contributed by atoms with E-state index < -0.39 is 33.7 Å². The van der Waals surface area contributed by atoms with Crippen LogP contribution in [0.2, 0.25) is 0 Å². The summed E-state index contributed by atoms with van der Waals surface area (Å²) in [7, 11) is -4.84. The Morgan fingerprint density at radius 2 is 1.56 bits per heavy atom. The molecule has 0 heterocycles. The van der Waals surface area contributed by atoms with Crippen LogP contribution in [0.4, 0.5) is 0 Å². The van der Waals surface area contributed by atoms with Gasteiger partial charge in [0.1, 0.15) is 0 Å². The summed E-state index contributed by atoms with van der Waals surface area (Å²) in [4.78, 5) is 20.0. The van der Waals surface area contributed by atoms with Crippen molar-refractivity contribution >= 4 is 71.0 Å². The average Bonchev–Trinajstić information content (AvgIpc) is 2.71. The first-order valence-corrected chi connectivity index (χ1v) is 14.5. The molecule has 1 rings (SSSR count). The van der Waals surface area contributed by atoms with Gasteiger partial charge in [0.2, 0.25) is 0 Å². The third-order valence-electron chi connectivity index (χ3n) is 4.92. The number of aliphatic carboxylic acids is 2. The molecule has 0 bridgehead atoms. The Morgan fingerprint density at radius 3 is 2.03 bits per heavy atom. The monoisotopic (exact) mass is 498 g/mol. The molecule has 1 aromatic carbocycles. The first kappa shape index (κ1) is 31.5. The van der Waals surface area contributed by atoms with E-state index in [-0.39, 0.29) is 0 Å². The maximum atomic E-state index is 10.2. The zero-order valence-corrected chi connectivity index (χ0v) is 23.3. The number of carboxylic acid groups (broad SMARTS) is 2. The molecule has 0 aromatic heterocycles. The Bertz CT molecular complexity index is 782. The Hall–Kier alpha value is -0.494. The van der Waals surface area contributed by atoms with Crippen LogP contribution in [0.15, 0.2) is 24.3 Å². The fourth-order valence-electron chi connectivity index (χ4n) is 2.88. The van der Waals surface area contributed by atoms with Crippen molar-refractivity contribution in [3.05, 3.63) is 29.8 Å². The van der Waals surface area contributed by atoms with Gasteiger partial charge in [0, 0.05) is 0 Å². The summed E-state index contributed by atoms with van der Waals surface area (Å²) >= 11 is 0.744. The number of ether oxygens (including phenoxy) is 1. The van der Waals surface area contributed by atoms with Crippen LogP contribution < -0.4 is 4.74 Å². The van der Waals surface area contributed by atoms with Crippen LogP contribution in [-0.2, 0) is 26.1 Å². The molecule has 8 nitrogen and oxygen atoms in total. The third-order valence-corrected chi connectivity index (χ3v) is 7.65. The second-order valence-corrected chi connectivity index (χ2v) is 11.4. The Kier molecular flexibility index (Phi) is 17.6. The number of carbonyl (C=O) groups is 2. The van der Waals surface area contributed by atoms with Crippen molar-refractivity contribution < 1.29 is 37.5 Å². The zero-order valence-electron chi connectivity index (χ0n) is 19.3. The maximum Gasteiger partial charge on any atom is 0.325 e. The molecule has 3 N–H and O–H groups in total. The largest absolute Gasteiger partial charge is 0.481 e. The van der Waals surface area contributed by atoms with Gasteiger partial charge >= 0.3 is 166 Å². The fraction of sp³-hybridized carbons (Fsp3) is 0.636. The number of benzene rings is 1. The van der Waals surface area contributed by atoms with Crippen LogP contribution in [0.3, 0.4) is 0 Å². The predicted molar refractivity (Wildman–Crippen MR) is 124 cm³/mol. The number of hydrogen-bond acceptors (Lipinski definition) is 5. The molecule has 0 saturated carbocycles. The maximum absolute atomic E-state index is 10.2. The Morgan fingerprint density at radius 1 is 1.00 bits per heavy atom. The van der Waals surface area contributed by atoms with E-state index in [0.29, 0.717) is 0.199 Å². The SMILES string of the molecule is CCCCCCCCCc1ccccc1O[CH]([K])CC.O=C(O)CC(C(=O)O)S(=O)(=O)O. The van der Waals surface area contributed by atoms with Crippen molar-refractivity contribution in [3.63, 3.8) is 0 Å². The van der Waals surface area contributed by atoms with Crippen LogP contribution in [0.5, 0.6) is 5.75 Å². The van der Waals surface area contributed by atoms with Gasteiger partial charge in [0.05, 0.1) is 6.42 Å². The van der Waals surface area contributed by atoms with Gasteiger partial charge in [-0.05, 0) is 0 Å². The second kappa shape index (κ2) is 17.9. The minimum absolute atomic E-state index is 0.498. The van der Waals surface area contributed by atoms with Gasteiger partial charge in [0.25, 0.3) is 10.1 Å². The molecular formula is C22H35KO8S. The summed E-state index contributed by atoms with van der Waals surface area (Å²) in [5.41, 5.74) is 1.41. The van der Waals surface area contributed by atoms with Crippen LogP contribution >= 0.6 is 0 Å². The van der Waals surface area contributed by atoms with Crippen LogP contribution in [0.1, 0.15) is 77.2 Å². The smallest absolute Gasteiger partial charge is 0.325 e. The van der Waals surface area contributed by atoms with Crippen molar-refractivity contribution in [2.24, 2.45) is 0 Å². The molecule has 2 unspecified atom stereocenters. The number of para-hydroxylation sites is 1. The second-order valence-electron chi connectivity index (χ2n) is 7.76. The molecular weight excluding hydrogens is 463 g/mol. The van der Waals surface area contributed by atoms with E-state index in [4.69, 9.17) is 19.5 Å². The van der Waals surface area contributed by atoms with Gasteiger partial charge in [-0.1, -0.05) is 6.92 Å². The minimum Gasteiger partial charge on any atom is -0.481 e. The van der Waals surface area contributed by atoms with Gasteiger partial charge in [0.15, 0.2) is 5.25 Å². The summed E-state index contributed by atoms with van der Waals surface area (Å²) in [6, 6.07) is 8.62. The fourth-order valence-corrected chi connectivity index (χ4v) is 3.88. The number of carboxylic acids is 2. The Balaban J connectivity index is 0.000000687. The topological polar surface area (TPSA) is 138 Å². The normalized spacial score (nSPS) is 12.9. The summed E-state index contributed by atoms with van der Waals surface area (Å²) in [5.74, 6) is -2.36. The first-order valence-electron chi connectivity index (χ1n) is 11.2. The van der Waals surface area contributed by atoms with Crippen molar-refractivity contribution in [2.45, 2.75) is 83.5 Å². The van der Waals surface area contributed by atoms with Crippen molar-refractivity contribution in [3.8, 4) is 5.75 Å². The minimum atomic E-state index is -4.84. The summed E-state index contributed by atoms with van der Waals surface area (Å²) in [6.45, 7) is 4.49. The van der Waals surface area contributed by atoms with Gasteiger partial charge in [-0.25, -0.2) is 0 Å². The molecule has 0 radical (unpaired) electrons. The quantitative estimate of drug-likeness (QED) is 0.187. The van der Waals surface area contributed by atoms with E-state index >= 15 is 0 Å². The number of hydrogen-bond donors (Lipinski definition) is 3. The standard InChI is InChI=1S/C18H29O.C4H6O7S.K/c1-3-5-6-7-8-9-10-13-17-14-11-12-15-18(17)19-16-4-2;5-3(6)1-2(4(7)8)12(9,10)11;/h11-12,14-16H,3-10,13H2,1-2H3;2H,1H2,(H,5,6)(H,7,8)(H,9,10,11);. The molecule has 0 aliphatic rings. The van der Waals surface area contributed by atoms with Gasteiger partial charge in [-0.15, -0.1) is 0 Å². The predicted octanol–water partition coefficient (Wildman–Crippen LogP) is 4.07. The Labute approximate surface area is 225 Å². The molecule has 0 amide bonds. The van der Waals surface area contributed by atoms with Crippen molar-refractivity contribution in [1.29, 1.82) is 0 Å². The number of rotatable bonds is 15. The molecule has 2 atom stereocenters. The van der Waals surface area contributed by atoms with Crippen LogP contribution in [-0.4, -0.2) is 89.5 Å². The molecule has 10 heteroatoms. The average molecular weight is 499 g/mol. The molecule has 0 saturated heterocycles. The summed E-state index contributed by atoms with van der Waals surface area (Å²) in [5, 5.41) is 13.9. The number of aryl methyl sites for hydroxylation is 1. The molecule has 0 aliphatic heterocycles. The van der Waals surface area contributed by atoms with Gasteiger partial charge in [-0.2, -0.15) is 8.42 Å². The van der Waals surface area contributed by atoms with E-state index in [0.717, 1.165) is 61.1 Å². The van der Waals surface area contributed by atoms with Crippen molar-refractivity contribution in [1.82, 2.24) is 0 Å². The van der Waals surface area contributed by atoms with Crippen LogP contribution in [0.25, 0.3) is 0 Å². The molecule has 32 heavy (non-hydrogen) atoms. The molecule has 0 fully saturated rings. The van der Waals surface area contributed by atoms with E-state index in [1.54, 1.807) is 0 Å². The van der Waals surface area contributed by atoms with E-state index in [1.165, 1.54) is 56.9 Å². The summed E-state index contributed by atoms with van der Waals surface area (Å²) < 4.78 is 35.3. The first-order chi connectivity index (χ1) is 15.0. The molecule has 178 valence electrons. The third kappa shape index (κ3) is 15.4. The van der Waals surface area contributed by atoms with E-state index in [1.807, 2.05) is 0 Å². The van der Waals surface area contributed by atoms with E-state index in [2.05, 4.69) is 38.1 Å². The molecule has 0 spiro atoms. The molecule has 1 aromatic rings. The van der Waals surface area contributed by atoms with Gasteiger partial charge in [-0.3, -0.25) is 14.1 Å². The van der Waals surface area contributed by atoms with Crippen LogP contribution in [0, 0.1) is 0 Å². The molecule has 0 aliphatic carbocycles. The van der Waals surface area contributed by atoms with Crippen molar-refractivity contribution in [2.75, 3.05) is 0 Å². The number of unbranched alkanes of at least 4 members (excludes halogenated alkanes) is 6. The summed E-state index contributed by atoms with van der Waals surface area (Å²) in [6.07, 6.45) is 10.8. The van der Waals surface area contributed by atoms with Gasteiger partial charge < -0.3 is 10.2 Å².